The molecular formula is C16H20N4O2S. The van der Waals surface area contributed by atoms with Crippen LogP contribution in [0.15, 0.2) is 11.6 Å². The maximum atomic E-state index is 12.8. The standard InChI is InChI=1S/C16H20N4O2S/c1-11-13(20-9-10-23-16(20)17-11)15(22)19-7-5-18(6-8-19)14(21)12-3-2-4-12/h9-10,12H,2-8H2,1H3. The molecule has 2 amide bonds. The van der Waals surface area contributed by atoms with E-state index in [1.54, 1.807) is 0 Å². The van der Waals surface area contributed by atoms with Crippen molar-refractivity contribution in [1.29, 1.82) is 0 Å². The van der Waals surface area contributed by atoms with Gasteiger partial charge < -0.3 is 9.80 Å². The number of nitrogens with zero attached hydrogens (tertiary/aromatic N) is 4. The van der Waals surface area contributed by atoms with Crippen LogP contribution in [0.5, 0.6) is 0 Å². The molecule has 1 aliphatic heterocycles. The van der Waals surface area contributed by atoms with Gasteiger partial charge in [0.05, 0.1) is 5.69 Å². The Morgan fingerprint density at radius 2 is 1.87 bits per heavy atom. The van der Waals surface area contributed by atoms with Crippen molar-refractivity contribution in [2.45, 2.75) is 26.2 Å². The fraction of sp³-hybridized carbons (Fsp3) is 0.562. The van der Waals surface area contributed by atoms with Crippen LogP contribution in [0, 0.1) is 12.8 Å². The van der Waals surface area contributed by atoms with Crippen molar-refractivity contribution < 1.29 is 9.59 Å². The number of rotatable bonds is 2. The van der Waals surface area contributed by atoms with E-state index >= 15 is 0 Å². The molecule has 0 unspecified atom stereocenters. The summed E-state index contributed by atoms with van der Waals surface area (Å²) in [6.45, 7) is 4.38. The highest BCUT2D eigenvalue weighted by molar-refractivity contribution is 7.15. The van der Waals surface area contributed by atoms with Gasteiger partial charge in [0.25, 0.3) is 5.91 Å². The number of hydrogen-bond acceptors (Lipinski definition) is 4. The number of carbonyl (C=O) groups is 2. The summed E-state index contributed by atoms with van der Waals surface area (Å²) < 4.78 is 1.87. The van der Waals surface area contributed by atoms with Gasteiger partial charge >= 0.3 is 0 Å². The number of hydrogen-bond donors (Lipinski definition) is 0. The average molecular weight is 332 g/mol. The minimum Gasteiger partial charge on any atom is -0.339 e. The number of aromatic nitrogens is 2. The summed E-state index contributed by atoms with van der Waals surface area (Å²) in [5.74, 6) is 0.535. The quantitative estimate of drug-likeness (QED) is 0.842. The molecule has 3 heterocycles. The van der Waals surface area contributed by atoms with Crippen LogP contribution < -0.4 is 0 Å². The molecule has 0 N–H and O–H groups in total. The van der Waals surface area contributed by atoms with Gasteiger partial charge in [0.2, 0.25) is 5.91 Å². The Labute approximate surface area is 138 Å². The maximum Gasteiger partial charge on any atom is 0.272 e. The summed E-state index contributed by atoms with van der Waals surface area (Å²) in [5, 5.41) is 1.94. The van der Waals surface area contributed by atoms with Gasteiger partial charge in [-0.15, -0.1) is 11.3 Å². The Kier molecular flexibility index (Phi) is 3.60. The molecule has 0 radical (unpaired) electrons. The number of thiazole rings is 1. The van der Waals surface area contributed by atoms with Gasteiger partial charge in [-0.2, -0.15) is 0 Å². The highest BCUT2D eigenvalue weighted by Crippen LogP contribution is 2.28. The molecule has 2 aromatic heterocycles. The van der Waals surface area contributed by atoms with Crippen LogP contribution in [0.2, 0.25) is 0 Å². The second-order valence-electron chi connectivity index (χ2n) is 6.35. The van der Waals surface area contributed by atoms with E-state index in [4.69, 9.17) is 0 Å². The first-order valence-electron chi connectivity index (χ1n) is 8.15. The Bertz CT molecular complexity index is 753. The van der Waals surface area contributed by atoms with Gasteiger partial charge in [-0.25, -0.2) is 4.98 Å². The van der Waals surface area contributed by atoms with Gasteiger partial charge in [0, 0.05) is 43.7 Å². The van der Waals surface area contributed by atoms with E-state index in [0.717, 1.165) is 23.5 Å². The van der Waals surface area contributed by atoms with Crippen LogP contribution in [0.1, 0.15) is 35.4 Å². The van der Waals surface area contributed by atoms with E-state index in [1.807, 2.05) is 32.7 Å². The van der Waals surface area contributed by atoms with Crippen molar-refractivity contribution in [3.63, 3.8) is 0 Å². The second kappa shape index (κ2) is 5.63. The van der Waals surface area contributed by atoms with Crippen LogP contribution >= 0.6 is 11.3 Å². The van der Waals surface area contributed by atoms with Crippen LogP contribution in [0.4, 0.5) is 0 Å². The zero-order chi connectivity index (χ0) is 16.0. The number of amides is 2. The molecule has 1 saturated carbocycles. The third-order valence-corrected chi connectivity index (χ3v) is 5.73. The van der Waals surface area contributed by atoms with E-state index in [1.165, 1.54) is 17.8 Å². The lowest BCUT2D eigenvalue weighted by Gasteiger charge is -2.38. The topological polar surface area (TPSA) is 57.9 Å². The van der Waals surface area contributed by atoms with Crippen molar-refractivity contribution in [3.8, 4) is 0 Å². The molecule has 2 aliphatic rings. The molecule has 2 fully saturated rings. The van der Waals surface area contributed by atoms with Crippen molar-refractivity contribution in [3.05, 3.63) is 23.0 Å². The maximum absolute atomic E-state index is 12.8. The summed E-state index contributed by atoms with van der Waals surface area (Å²) in [6.07, 6.45) is 5.13. The molecule has 6 nitrogen and oxygen atoms in total. The molecule has 7 heteroatoms. The Hall–Kier alpha value is -1.89. The third kappa shape index (κ3) is 2.43. The zero-order valence-corrected chi connectivity index (χ0v) is 14.0. The van der Waals surface area contributed by atoms with Crippen molar-refractivity contribution >= 4 is 28.1 Å². The molecule has 0 aromatic carbocycles. The number of fused-ring (bicyclic) bond motifs is 1. The lowest BCUT2D eigenvalue weighted by atomic mass is 9.84. The summed E-state index contributed by atoms with van der Waals surface area (Å²) in [7, 11) is 0. The van der Waals surface area contributed by atoms with E-state index in [9.17, 15) is 9.59 Å². The van der Waals surface area contributed by atoms with Crippen LogP contribution in [0.3, 0.4) is 0 Å². The predicted octanol–water partition coefficient (Wildman–Crippen LogP) is 1.79. The molecule has 4 rings (SSSR count). The van der Waals surface area contributed by atoms with Crippen molar-refractivity contribution in [2.75, 3.05) is 26.2 Å². The molecule has 2 aromatic rings. The Balaban J connectivity index is 1.45. The molecule has 0 spiro atoms. The summed E-state index contributed by atoms with van der Waals surface area (Å²) in [4.78, 5) is 34.2. The largest absolute Gasteiger partial charge is 0.339 e. The highest BCUT2D eigenvalue weighted by atomic mass is 32.1. The lowest BCUT2D eigenvalue weighted by Crippen LogP contribution is -2.52. The minimum absolute atomic E-state index is 0.0177. The number of carbonyl (C=O) groups excluding carboxylic acids is 2. The monoisotopic (exact) mass is 332 g/mol. The summed E-state index contributed by atoms with van der Waals surface area (Å²) in [5.41, 5.74) is 1.43. The van der Waals surface area contributed by atoms with Gasteiger partial charge in [0.1, 0.15) is 5.69 Å². The fourth-order valence-corrected chi connectivity index (χ4v) is 4.10. The van der Waals surface area contributed by atoms with E-state index in [2.05, 4.69) is 4.98 Å². The Morgan fingerprint density at radius 3 is 2.52 bits per heavy atom. The van der Waals surface area contributed by atoms with E-state index in [0.29, 0.717) is 31.9 Å². The fourth-order valence-electron chi connectivity index (χ4n) is 3.34. The summed E-state index contributed by atoms with van der Waals surface area (Å²) in [6, 6.07) is 0. The van der Waals surface area contributed by atoms with Crippen LogP contribution in [0.25, 0.3) is 4.96 Å². The van der Waals surface area contributed by atoms with Gasteiger partial charge in [-0.1, -0.05) is 6.42 Å². The van der Waals surface area contributed by atoms with Gasteiger partial charge in [-0.05, 0) is 19.8 Å². The highest BCUT2D eigenvalue weighted by Gasteiger charge is 2.33. The first-order chi connectivity index (χ1) is 11.1. The number of piperazine rings is 1. The SMILES string of the molecule is Cc1nc2sccn2c1C(=O)N1CCN(C(=O)C2CCC2)CC1. The lowest BCUT2D eigenvalue weighted by molar-refractivity contribution is -0.139. The number of imidazole rings is 1. The third-order valence-electron chi connectivity index (χ3n) is 4.97. The summed E-state index contributed by atoms with van der Waals surface area (Å²) >= 11 is 1.53. The molecule has 23 heavy (non-hydrogen) atoms. The first-order valence-corrected chi connectivity index (χ1v) is 9.03. The molecule has 1 aliphatic carbocycles. The van der Waals surface area contributed by atoms with Crippen LogP contribution in [-0.2, 0) is 4.79 Å². The molecule has 122 valence electrons. The predicted molar refractivity (Wildman–Crippen MR) is 87.6 cm³/mol. The first kappa shape index (κ1) is 14.7. The number of aryl methyl sites for hydroxylation is 1. The second-order valence-corrected chi connectivity index (χ2v) is 7.22. The normalized spacial score (nSPS) is 19.2. The molecule has 1 saturated heterocycles. The molecule has 0 bridgehead atoms. The molecule has 0 atom stereocenters. The minimum atomic E-state index is 0.0177. The molecular weight excluding hydrogens is 312 g/mol. The van der Waals surface area contributed by atoms with Crippen LogP contribution in [-0.4, -0.2) is 57.2 Å². The van der Waals surface area contributed by atoms with E-state index in [-0.39, 0.29) is 17.7 Å². The van der Waals surface area contributed by atoms with E-state index < -0.39 is 0 Å². The van der Waals surface area contributed by atoms with Crippen molar-refractivity contribution in [1.82, 2.24) is 19.2 Å². The van der Waals surface area contributed by atoms with Gasteiger partial charge in [0.15, 0.2) is 4.96 Å². The van der Waals surface area contributed by atoms with Crippen molar-refractivity contribution in [2.24, 2.45) is 5.92 Å². The zero-order valence-electron chi connectivity index (χ0n) is 13.2. The van der Waals surface area contributed by atoms with Gasteiger partial charge in [-0.3, -0.25) is 14.0 Å². The smallest absolute Gasteiger partial charge is 0.272 e. The average Bonchev–Trinajstić information content (AvgIpc) is 3.04. The Morgan fingerprint density at radius 1 is 1.17 bits per heavy atom.